The van der Waals surface area contributed by atoms with Gasteiger partial charge in [0.1, 0.15) is 5.69 Å². The number of halogens is 2. The Morgan fingerprint density at radius 3 is 2.71 bits per heavy atom. The van der Waals surface area contributed by atoms with Crippen molar-refractivity contribution in [2.45, 2.75) is 26.7 Å². The molecule has 0 spiro atoms. The van der Waals surface area contributed by atoms with Gasteiger partial charge in [-0.05, 0) is 49.2 Å². The van der Waals surface area contributed by atoms with Crippen LogP contribution in [0.15, 0.2) is 40.9 Å². The van der Waals surface area contributed by atoms with Gasteiger partial charge in [0.15, 0.2) is 17.5 Å². The highest BCUT2D eigenvalue weighted by atomic mass is 19.2. The maximum atomic E-state index is 13.4. The number of carbonyl (C=O) groups is 1. The molecular weight excluding hydrogens is 402 g/mol. The number of hydrogen-bond donors (Lipinski definition) is 1. The molecule has 0 bridgehead atoms. The first-order chi connectivity index (χ1) is 14.9. The number of benzene rings is 2. The molecule has 4 aromatic rings. The van der Waals surface area contributed by atoms with Crippen molar-refractivity contribution in [3.63, 3.8) is 0 Å². The maximum absolute atomic E-state index is 13.4. The summed E-state index contributed by atoms with van der Waals surface area (Å²) in [6, 6.07) is 9.29. The number of aromatic nitrogens is 3. The topological polar surface area (TPSA) is 75.0 Å². The molecule has 0 aliphatic rings. The second-order valence-corrected chi connectivity index (χ2v) is 7.50. The van der Waals surface area contributed by atoms with Crippen LogP contribution in [0.4, 0.5) is 8.78 Å². The third kappa shape index (κ3) is 4.05. The number of carbonyl (C=O) groups excluding carboxylic acids is 1. The molecule has 1 amide bonds. The summed E-state index contributed by atoms with van der Waals surface area (Å²) in [5.41, 5.74) is 4.17. The Morgan fingerprint density at radius 2 is 1.97 bits per heavy atom. The Balaban J connectivity index is 1.49. The number of amides is 1. The molecule has 0 atom stereocenters. The number of nitrogens with zero attached hydrogens (tertiary/aromatic N) is 3. The fourth-order valence-electron chi connectivity index (χ4n) is 3.59. The molecule has 8 heteroatoms. The third-order valence-electron chi connectivity index (χ3n) is 5.28. The number of H-pyrrole nitrogens is 1. The van der Waals surface area contributed by atoms with Crippen LogP contribution in [0, 0.1) is 18.6 Å². The third-order valence-corrected chi connectivity index (χ3v) is 5.28. The zero-order chi connectivity index (χ0) is 22.1. The average molecular weight is 424 g/mol. The SMILES string of the molecule is CCc1c(-c2nc(CCN(C)C(=O)c3ccc(F)c(F)c3)no2)[nH]c2ccc(C)cc12. The summed E-state index contributed by atoms with van der Waals surface area (Å²) in [6.45, 7) is 4.42. The van der Waals surface area contributed by atoms with Gasteiger partial charge in [0, 0.05) is 36.5 Å². The van der Waals surface area contributed by atoms with Crippen LogP contribution in [-0.4, -0.2) is 39.5 Å². The van der Waals surface area contributed by atoms with Crippen LogP contribution < -0.4 is 0 Å². The van der Waals surface area contributed by atoms with E-state index in [0.29, 0.717) is 24.7 Å². The van der Waals surface area contributed by atoms with E-state index in [9.17, 15) is 13.6 Å². The van der Waals surface area contributed by atoms with Crippen molar-refractivity contribution in [1.82, 2.24) is 20.0 Å². The Bertz CT molecular complexity index is 1260. The van der Waals surface area contributed by atoms with E-state index in [-0.39, 0.29) is 5.56 Å². The van der Waals surface area contributed by atoms with Crippen molar-refractivity contribution in [3.8, 4) is 11.6 Å². The lowest BCUT2D eigenvalue weighted by atomic mass is 10.1. The Morgan fingerprint density at radius 1 is 1.16 bits per heavy atom. The molecule has 0 fully saturated rings. The van der Waals surface area contributed by atoms with Crippen molar-refractivity contribution in [3.05, 3.63) is 70.5 Å². The lowest BCUT2D eigenvalue weighted by molar-refractivity contribution is 0.0795. The van der Waals surface area contributed by atoms with Crippen molar-refractivity contribution >= 4 is 16.8 Å². The van der Waals surface area contributed by atoms with E-state index >= 15 is 0 Å². The van der Waals surface area contributed by atoms with Gasteiger partial charge >= 0.3 is 0 Å². The summed E-state index contributed by atoms with van der Waals surface area (Å²) in [5, 5.41) is 5.17. The predicted octanol–water partition coefficient (Wildman–Crippen LogP) is 4.68. The van der Waals surface area contributed by atoms with Gasteiger partial charge in [-0.2, -0.15) is 4.98 Å². The van der Waals surface area contributed by atoms with Crippen LogP contribution in [0.5, 0.6) is 0 Å². The lowest BCUT2D eigenvalue weighted by Crippen LogP contribution is -2.29. The minimum Gasteiger partial charge on any atom is -0.350 e. The van der Waals surface area contributed by atoms with Gasteiger partial charge in [-0.25, -0.2) is 8.78 Å². The Kier molecular flexibility index (Phi) is 5.54. The largest absolute Gasteiger partial charge is 0.350 e. The molecule has 0 saturated carbocycles. The smallest absolute Gasteiger partial charge is 0.274 e. The monoisotopic (exact) mass is 424 g/mol. The van der Waals surface area contributed by atoms with Crippen molar-refractivity contribution in [1.29, 1.82) is 0 Å². The van der Waals surface area contributed by atoms with E-state index in [1.165, 1.54) is 16.5 Å². The van der Waals surface area contributed by atoms with Gasteiger partial charge in [-0.3, -0.25) is 4.79 Å². The maximum Gasteiger partial charge on any atom is 0.274 e. The molecule has 0 radical (unpaired) electrons. The number of aromatic amines is 1. The minimum atomic E-state index is -1.05. The Hall–Kier alpha value is -3.55. The molecule has 31 heavy (non-hydrogen) atoms. The zero-order valence-electron chi connectivity index (χ0n) is 17.5. The first-order valence-corrected chi connectivity index (χ1v) is 10.0. The predicted molar refractivity (Wildman–Crippen MR) is 113 cm³/mol. The van der Waals surface area contributed by atoms with Crippen LogP contribution >= 0.6 is 0 Å². The molecule has 1 N–H and O–H groups in total. The lowest BCUT2D eigenvalue weighted by Gasteiger charge is -2.16. The first-order valence-electron chi connectivity index (χ1n) is 10.0. The van der Waals surface area contributed by atoms with Crippen LogP contribution in [0.3, 0.4) is 0 Å². The highest BCUT2D eigenvalue weighted by molar-refractivity contribution is 5.94. The molecule has 0 saturated heterocycles. The summed E-state index contributed by atoms with van der Waals surface area (Å²) >= 11 is 0. The van der Waals surface area contributed by atoms with Crippen LogP contribution in [0.2, 0.25) is 0 Å². The molecule has 0 unspecified atom stereocenters. The molecule has 2 aromatic carbocycles. The number of hydrogen-bond acceptors (Lipinski definition) is 4. The fraction of sp³-hybridized carbons (Fsp3) is 0.261. The minimum absolute atomic E-state index is 0.0798. The van der Waals surface area contributed by atoms with Crippen LogP contribution in [0.25, 0.3) is 22.5 Å². The molecule has 4 rings (SSSR count). The van der Waals surface area contributed by atoms with E-state index < -0.39 is 17.5 Å². The second kappa shape index (κ2) is 8.29. The second-order valence-electron chi connectivity index (χ2n) is 7.50. The van der Waals surface area contributed by atoms with Crippen molar-refractivity contribution in [2.75, 3.05) is 13.6 Å². The number of aryl methyl sites for hydroxylation is 2. The summed E-state index contributed by atoms with van der Waals surface area (Å²) in [7, 11) is 1.58. The number of nitrogens with one attached hydrogen (secondary N) is 1. The number of likely N-dealkylation sites (N-methyl/N-ethyl adjacent to an activating group) is 1. The molecule has 2 heterocycles. The molecule has 160 valence electrons. The Labute approximate surface area is 177 Å². The highest BCUT2D eigenvalue weighted by Crippen LogP contribution is 2.30. The molecule has 6 nitrogen and oxygen atoms in total. The number of rotatable bonds is 6. The van der Waals surface area contributed by atoms with Gasteiger partial charge < -0.3 is 14.4 Å². The van der Waals surface area contributed by atoms with Crippen LogP contribution in [-0.2, 0) is 12.8 Å². The van der Waals surface area contributed by atoms with E-state index in [1.807, 2.05) is 12.1 Å². The summed E-state index contributed by atoms with van der Waals surface area (Å²) in [5.74, 6) is -1.60. The summed E-state index contributed by atoms with van der Waals surface area (Å²) in [4.78, 5) is 21.7. The average Bonchev–Trinajstić information content (AvgIpc) is 3.37. The van der Waals surface area contributed by atoms with Gasteiger partial charge in [-0.15, -0.1) is 0 Å². The number of fused-ring (bicyclic) bond motifs is 1. The zero-order valence-corrected chi connectivity index (χ0v) is 17.5. The fourth-order valence-corrected chi connectivity index (χ4v) is 3.59. The molecule has 0 aliphatic heterocycles. The normalized spacial score (nSPS) is 11.3. The van der Waals surface area contributed by atoms with E-state index in [1.54, 1.807) is 7.05 Å². The summed E-state index contributed by atoms with van der Waals surface area (Å²) < 4.78 is 32.0. The van der Waals surface area contributed by atoms with E-state index in [0.717, 1.165) is 40.7 Å². The van der Waals surface area contributed by atoms with Crippen molar-refractivity contribution < 1.29 is 18.1 Å². The van der Waals surface area contributed by atoms with Gasteiger partial charge in [0.2, 0.25) is 0 Å². The van der Waals surface area contributed by atoms with Gasteiger partial charge in [-0.1, -0.05) is 23.7 Å². The highest BCUT2D eigenvalue weighted by Gasteiger charge is 2.19. The molecule has 2 aromatic heterocycles. The first kappa shape index (κ1) is 20.7. The molecule has 0 aliphatic carbocycles. The van der Waals surface area contributed by atoms with E-state index in [2.05, 4.69) is 35.0 Å². The van der Waals surface area contributed by atoms with Crippen LogP contribution in [0.1, 0.15) is 34.2 Å². The van der Waals surface area contributed by atoms with Gasteiger partial charge in [0.25, 0.3) is 11.8 Å². The van der Waals surface area contributed by atoms with E-state index in [4.69, 9.17) is 4.52 Å². The van der Waals surface area contributed by atoms with Gasteiger partial charge in [0.05, 0.1) is 0 Å². The summed E-state index contributed by atoms with van der Waals surface area (Å²) in [6.07, 6.45) is 1.16. The standard InChI is InChI=1S/C23H22F2N4O2/c1-4-15-16-11-13(2)5-8-19(16)26-21(15)22-27-20(28-31-22)9-10-29(3)23(30)14-6-7-17(24)18(25)12-14/h5-8,11-12,26H,4,9-10H2,1-3H3. The quantitative estimate of drug-likeness (QED) is 0.488. The molecular formula is C23H22F2N4O2. The van der Waals surface area contributed by atoms with Crippen molar-refractivity contribution in [2.24, 2.45) is 0 Å².